The second kappa shape index (κ2) is 5.53. The van der Waals surface area contributed by atoms with Gasteiger partial charge >= 0.3 is 0 Å². The van der Waals surface area contributed by atoms with Crippen LogP contribution in [0.15, 0.2) is 24.3 Å². The molecule has 0 unspecified atom stereocenters. The van der Waals surface area contributed by atoms with Crippen molar-refractivity contribution in [1.82, 2.24) is 10.2 Å². The highest BCUT2D eigenvalue weighted by Gasteiger charge is 2.26. The van der Waals surface area contributed by atoms with E-state index in [0.717, 1.165) is 18.8 Å². The number of hydrogen-bond acceptors (Lipinski definition) is 3. The van der Waals surface area contributed by atoms with Crippen LogP contribution in [0.25, 0.3) is 0 Å². The molecule has 1 N–H and O–H groups in total. The Balaban J connectivity index is 1.85. The molecule has 0 bridgehead atoms. The lowest BCUT2D eigenvalue weighted by Crippen LogP contribution is -2.50. The van der Waals surface area contributed by atoms with E-state index in [1.165, 1.54) is 12.8 Å². The van der Waals surface area contributed by atoms with Crippen molar-refractivity contribution in [3.8, 4) is 0 Å². The van der Waals surface area contributed by atoms with E-state index in [-0.39, 0.29) is 18.4 Å². The van der Waals surface area contributed by atoms with Crippen molar-refractivity contribution >= 4 is 17.5 Å². The predicted octanol–water partition coefficient (Wildman–Crippen LogP) is 0.859. The van der Waals surface area contributed by atoms with E-state index in [1.54, 1.807) is 4.90 Å². The minimum absolute atomic E-state index is 0.0395. The first-order valence-corrected chi connectivity index (χ1v) is 7.15. The number of carbonyl (C=O) groups is 2. The first-order chi connectivity index (χ1) is 9.75. The van der Waals surface area contributed by atoms with Crippen molar-refractivity contribution in [2.45, 2.75) is 12.8 Å². The van der Waals surface area contributed by atoms with Gasteiger partial charge in [0.2, 0.25) is 5.91 Å². The van der Waals surface area contributed by atoms with Crippen molar-refractivity contribution < 1.29 is 9.59 Å². The van der Waals surface area contributed by atoms with Crippen LogP contribution in [0.1, 0.15) is 23.2 Å². The number of benzene rings is 1. The summed E-state index contributed by atoms with van der Waals surface area (Å²) in [5.41, 5.74) is 1.71. The summed E-state index contributed by atoms with van der Waals surface area (Å²) in [5, 5.41) is 2.74. The molecule has 5 heteroatoms. The van der Waals surface area contributed by atoms with Crippen LogP contribution >= 0.6 is 0 Å². The normalized spacial score (nSPS) is 19.1. The van der Waals surface area contributed by atoms with Crippen LogP contribution in [0.2, 0.25) is 0 Å². The van der Waals surface area contributed by atoms with Crippen LogP contribution in [0, 0.1) is 0 Å². The third kappa shape index (κ3) is 2.48. The van der Waals surface area contributed by atoms with E-state index in [9.17, 15) is 9.59 Å². The van der Waals surface area contributed by atoms with Crippen molar-refractivity contribution in [1.29, 1.82) is 0 Å². The molecule has 2 saturated heterocycles. The van der Waals surface area contributed by atoms with Crippen molar-refractivity contribution in [3.05, 3.63) is 29.8 Å². The van der Waals surface area contributed by atoms with Gasteiger partial charge < -0.3 is 15.1 Å². The highest BCUT2D eigenvalue weighted by Crippen LogP contribution is 2.25. The van der Waals surface area contributed by atoms with E-state index in [1.807, 2.05) is 24.3 Å². The molecular formula is C15H19N3O2. The van der Waals surface area contributed by atoms with Gasteiger partial charge in [-0.3, -0.25) is 9.59 Å². The summed E-state index contributed by atoms with van der Waals surface area (Å²) in [6, 6.07) is 7.72. The monoisotopic (exact) mass is 273 g/mol. The van der Waals surface area contributed by atoms with Gasteiger partial charge in [-0.15, -0.1) is 0 Å². The van der Waals surface area contributed by atoms with E-state index >= 15 is 0 Å². The van der Waals surface area contributed by atoms with Gasteiger partial charge in [0, 0.05) is 31.9 Å². The Labute approximate surface area is 118 Å². The molecule has 2 fully saturated rings. The topological polar surface area (TPSA) is 52.7 Å². The van der Waals surface area contributed by atoms with Gasteiger partial charge in [0.15, 0.2) is 0 Å². The molecule has 0 radical (unpaired) electrons. The van der Waals surface area contributed by atoms with Gasteiger partial charge in [0.25, 0.3) is 5.91 Å². The molecule has 0 aliphatic carbocycles. The minimum atomic E-state index is -0.0803. The maximum atomic E-state index is 12.6. The quantitative estimate of drug-likeness (QED) is 0.869. The molecule has 1 aromatic rings. The Morgan fingerprint density at radius 1 is 1.10 bits per heavy atom. The SMILES string of the molecule is O=C1CN(C(=O)c2ccccc2N2CCCC2)CCN1. The summed E-state index contributed by atoms with van der Waals surface area (Å²) >= 11 is 0. The lowest BCUT2D eigenvalue weighted by atomic mass is 10.1. The lowest BCUT2D eigenvalue weighted by Gasteiger charge is -2.29. The van der Waals surface area contributed by atoms with Crippen LogP contribution in [-0.4, -0.2) is 49.4 Å². The van der Waals surface area contributed by atoms with Gasteiger partial charge in [-0.1, -0.05) is 12.1 Å². The molecule has 20 heavy (non-hydrogen) atoms. The summed E-state index contributed by atoms with van der Waals surface area (Å²) in [6.45, 7) is 3.29. The fourth-order valence-electron chi connectivity index (χ4n) is 2.87. The Morgan fingerprint density at radius 2 is 1.85 bits per heavy atom. The predicted molar refractivity (Wildman–Crippen MR) is 76.8 cm³/mol. The molecule has 1 aromatic carbocycles. The fraction of sp³-hybridized carbons (Fsp3) is 0.467. The van der Waals surface area contributed by atoms with E-state index in [2.05, 4.69) is 10.2 Å². The number of nitrogens with one attached hydrogen (secondary N) is 1. The summed E-state index contributed by atoms with van der Waals surface area (Å²) in [7, 11) is 0. The van der Waals surface area contributed by atoms with Gasteiger partial charge in [0.05, 0.1) is 12.1 Å². The summed E-state index contributed by atoms with van der Waals surface area (Å²) in [5.74, 6) is -0.120. The number of anilines is 1. The van der Waals surface area contributed by atoms with E-state index in [4.69, 9.17) is 0 Å². The summed E-state index contributed by atoms with van der Waals surface area (Å²) in [6.07, 6.45) is 2.35. The smallest absolute Gasteiger partial charge is 0.256 e. The third-order valence-corrected chi connectivity index (χ3v) is 3.91. The average Bonchev–Trinajstić information content (AvgIpc) is 3.00. The number of carbonyl (C=O) groups excluding carboxylic acids is 2. The van der Waals surface area contributed by atoms with Crippen LogP contribution in [-0.2, 0) is 4.79 Å². The Bertz CT molecular complexity index is 524. The van der Waals surface area contributed by atoms with Gasteiger partial charge in [-0.2, -0.15) is 0 Å². The minimum Gasteiger partial charge on any atom is -0.371 e. The molecule has 2 amide bonds. The van der Waals surface area contributed by atoms with Crippen molar-refractivity contribution in [3.63, 3.8) is 0 Å². The highest BCUT2D eigenvalue weighted by molar-refractivity contribution is 6.01. The summed E-state index contributed by atoms with van der Waals surface area (Å²) in [4.78, 5) is 28.0. The van der Waals surface area contributed by atoms with Crippen LogP contribution < -0.4 is 10.2 Å². The number of hydrogen-bond donors (Lipinski definition) is 1. The second-order valence-electron chi connectivity index (χ2n) is 5.29. The second-order valence-corrected chi connectivity index (χ2v) is 5.29. The standard InChI is InChI=1S/C15H19N3O2/c19-14-11-18(10-7-16-14)15(20)12-5-1-2-6-13(12)17-8-3-4-9-17/h1-2,5-6H,3-4,7-11H2,(H,16,19). The van der Waals surface area contributed by atoms with Crippen LogP contribution in [0.3, 0.4) is 0 Å². The molecule has 3 rings (SSSR count). The Morgan fingerprint density at radius 3 is 2.60 bits per heavy atom. The van der Waals surface area contributed by atoms with Gasteiger partial charge in [0.1, 0.15) is 0 Å². The molecular weight excluding hydrogens is 254 g/mol. The maximum absolute atomic E-state index is 12.6. The highest BCUT2D eigenvalue weighted by atomic mass is 16.2. The molecule has 2 aliphatic rings. The van der Waals surface area contributed by atoms with E-state index < -0.39 is 0 Å². The fourth-order valence-corrected chi connectivity index (χ4v) is 2.87. The summed E-state index contributed by atoms with van der Waals surface area (Å²) < 4.78 is 0. The van der Waals surface area contributed by atoms with Crippen molar-refractivity contribution in [2.75, 3.05) is 37.6 Å². The zero-order valence-corrected chi connectivity index (χ0v) is 11.5. The number of piperazine rings is 1. The van der Waals surface area contributed by atoms with Gasteiger partial charge in [-0.25, -0.2) is 0 Å². The Kier molecular flexibility index (Phi) is 3.58. The largest absolute Gasteiger partial charge is 0.371 e. The van der Waals surface area contributed by atoms with Crippen molar-refractivity contribution in [2.24, 2.45) is 0 Å². The maximum Gasteiger partial charge on any atom is 0.256 e. The zero-order valence-electron chi connectivity index (χ0n) is 11.5. The average molecular weight is 273 g/mol. The van der Waals surface area contributed by atoms with Gasteiger partial charge in [-0.05, 0) is 25.0 Å². The molecule has 106 valence electrons. The number of amides is 2. The lowest BCUT2D eigenvalue weighted by molar-refractivity contribution is -0.123. The van der Waals surface area contributed by atoms with Crippen LogP contribution in [0.4, 0.5) is 5.69 Å². The third-order valence-electron chi connectivity index (χ3n) is 3.91. The molecule has 2 heterocycles. The molecule has 0 spiro atoms. The van der Waals surface area contributed by atoms with E-state index in [0.29, 0.717) is 18.7 Å². The molecule has 0 saturated carbocycles. The first-order valence-electron chi connectivity index (χ1n) is 7.15. The Hall–Kier alpha value is -2.04. The number of rotatable bonds is 2. The van der Waals surface area contributed by atoms with Crippen LogP contribution in [0.5, 0.6) is 0 Å². The molecule has 0 aromatic heterocycles. The molecule has 5 nitrogen and oxygen atoms in total. The zero-order chi connectivity index (χ0) is 13.9. The molecule has 0 atom stereocenters. The molecule has 2 aliphatic heterocycles. The number of nitrogens with zero attached hydrogens (tertiary/aromatic N) is 2. The first kappa shape index (κ1) is 13.0. The number of para-hydroxylation sites is 1.